The normalized spacial score (nSPS) is 12.6. The number of carbonyl (C=O) groups excluding carboxylic acids is 2. The van der Waals surface area contributed by atoms with Gasteiger partial charge in [0.2, 0.25) is 0 Å². The molecule has 0 saturated heterocycles. The van der Waals surface area contributed by atoms with E-state index in [0.717, 1.165) is 18.5 Å². The third-order valence-corrected chi connectivity index (χ3v) is 5.24. The van der Waals surface area contributed by atoms with Crippen LogP contribution in [0.15, 0.2) is 72.8 Å². The zero-order valence-corrected chi connectivity index (χ0v) is 17.3. The van der Waals surface area contributed by atoms with Crippen LogP contribution in [-0.4, -0.2) is 32.1 Å². The second-order valence-electron chi connectivity index (χ2n) is 7.25. The summed E-state index contributed by atoms with van der Waals surface area (Å²) in [6.45, 7) is 0.661. The van der Waals surface area contributed by atoms with E-state index in [9.17, 15) is 9.59 Å². The number of para-hydroxylation sites is 2. The van der Waals surface area contributed by atoms with Gasteiger partial charge in [0, 0.05) is 17.9 Å². The maximum Gasteiger partial charge on any atom is 0.264 e. The first-order chi connectivity index (χ1) is 15.2. The quantitative estimate of drug-likeness (QED) is 0.650. The number of benzene rings is 3. The van der Waals surface area contributed by atoms with E-state index in [1.54, 1.807) is 47.4 Å². The highest BCUT2D eigenvalue weighted by Crippen LogP contribution is 2.27. The average Bonchev–Trinajstić information content (AvgIpc) is 2.83. The smallest absolute Gasteiger partial charge is 0.264 e. The molecule has 2 amide bonds. The summed E-state index contributed by atoms with van der Waals surface area (Å²) in [6, 6.07) is 22.0. The molecule has 0 aliphatic carbocycles. The van der Waals surface area contributed by atoms with Crippen LogP contribution in [0.25, 0.3) is 0 Å². The molecule has 0 spiro atoms. The highest BCUT2D eigenvalue weighted by atomic mass is 16.5. The SMILES string of the molecule is COc1ccccc1C(=O)Nc1ccc(OCC(=O)N2CCCc3ccccc32)cc1. The molecule has 0 saturated carbocycles. The molecular formula is C25H24N2O4. The average molecular weight is 416 g/mol. The van der Waals surface area contributed by atoms with E-state index in [4.69, 9.17) is 9.47 Å². The summed E-state index contributed by atoms with van der Waals surface area (Å²) in [5, 5.41) is 2.84. The van der Waals surface area contributed by atoms with Crippen LogP contribution in [0, 0.1) is 0 Å². The summed E-state index contributed by atoms with van der Waals surface area (Å²) in [7, 11) is 1.53. The molecule has 6 nitrogen and oxygen atoms in total. The standard InChI is InChI=1S/C25H24N2O4/c1-30-23-11-5-3-9-21(23)25(29)26-19-12-14-20(15-13-19)31-17-24(28)27-16-6-8-18-7-2-4-10-22(18)27/h2-5,7,9-15H,6,8,16-17H2,1H3,(H,26,29). The summed E-state index contributed by atoms with van der Waals surface area (Å²) < 4.78 is 10.9. The Balaban J connectivity index is 1.35. The Kier molecular flexibility index (Phi) is 6.17. The topological polar surface area (TPSA) is 67.9 Å². The monoisotopic (exact) mass is 416 g/mol. The van der Waals surface area contributed by atoms with Crippen LogP contribution in [0.5, 0.6) is 11.5 Å². The van der Waals surface area contributed by atoms with E-state index in [1.807, 2.05) is 24.3 Å². The van der Waals surface area contributed by atoms with Gasteiger partial charge in [0.15, 0.2) is 6.61 Å². The number of nitrogens with zero attached hydrogens (tertiary/aromatic N) is 1. The van der Waals surface area contributed by atoms with Gasteiger partial charge in [0.05, 0.1) is 12.7 Å². The third-order valence-electron chi connectivity index (χ3n) is 5.24. The maximum absolute atomic E-state index is 12.7. The summed E-state index contributed by atoms with van der Waals surface area (Å²) in [4.78, 5) is 27.0. The molecule has 1 heterocycles. The van der Waals surface area contributed by atoms with Crippen molar-refractivity contribution in [3.8, 4) is 11.5 Å². The molecule has 0 fully saturated rings. The summed E-state index contributed by atoms with van der Waals surface area (Å²) in [5.74, 6) is 0.748. The van der Waals surface area contributed by atoms with E-state index in [-0.39, 0.29) is 18.4 Å². The lowest BCUT2D eigenvalue weighted by Crippen LogP contribution is -2.38. The second kappa shape index (κ2) is 9.34. The van der Waals surface area contributed by atoms with Gasteiger partial charge in [-0.25, -0.2) is 0 Å². The maximum atomic E-state index is 12.7. The molecule has 3 aromatic carbocycles. The predicted molar refractivity (Wildman–Crippen MR) is 120 cm³/mol. The van der Waals surface area contributed by atoms with Crippen molar-refractivity contribution in [3.63, 3.8) is 0 Å². The summed E-state index contributed by atoms with van der Waals surface area (Å²) in [6.07, 6.45) is 1.94. The lowest BCUT2D eigenvalue weighted by molar-refractivity contribution is -0.120. The van der Waals surface area contributed by atoms with Gasteiger partial charge in [-0.2, -0.15) is 0 Å². The van der Waals surface area contributed by atoms with Crippen molar-refractivity contribution in [2.45, 2.75) is 12.8 Å². The molecule has 4 rings (SSSR count). The lowest BCUT2D eigenvalue weighted by Gasteiger charge is -2.29. The molecular weight excluding hydrogens is 392 g/mol. The number of anilines is 2. The molecule has 1 aliphatic rings. The van der Waals surface area contributed by atoms with Gasteiger partial charge < -0.3 is 19.7 Å². The van der Waals surface area contributed by atoms with E-state index in [1.165, 1.54) is 12.7 Å². The van der Waals surface area contributed by atoms with Crippen LogP contribution in [0.2, 0.25) is 0 Å². The van der Waals surface area contributed by atoms with Crippen LogP contribution in [0.1, 0.15) is 22.3 Å². The van der Waals surface area contributed by atoms with Crippen molar-refractivity contribution in [2.24, 2.45) is 0 Å². The summed E-state index contributed by atoms with van der Waals surface area (Å²) in [5.41, 5.74) is 3.24. The fourth-order valence-corrected chi connectivity index (χ4v) is 3.68. The zero-order chi connectivity index (χ0) is 21.6. The van der Waals surface area contributed by atoms with Crippen molar-refractivity contribution in [2.75, 3.05) is 30.5 Å². The number of amides is 2. The molecule has 0 aromatic heterocycles. The van der Waals surface area contributed by atoms with Crippen LogP contribution < -0.4 is 19.7 Å². The number of methoxy groups -OCH3 is 1. The number of rotatable bonds is 6. The van der Waals surface area contributed by atoms with Crippen LogP contribution >= 0.6 is 0 Å². The van der Waals surface area contributed by atoms with Crippen LogP contribution in [0.4, 0.5) is 11.4 Å². The number of ether oxygens (including phenoxy) is 2. The molecule has 6 heteroatoms. The molecule has 0 atom stereocenters. The number of hydrogen-bond acceptors (Lipinski definition) is 4. The first-order valence-corrected chi connectivity index (χ1v) is 10.2. The number of aryl methyl sites for hydroxylation is 1. The number of fused-ring (bicyclic) bond motifs is 1. The minimum atomic E-state index is -0.259. The highest BCUT2D eigenvalue weighted by Gasteiger charge is 2.22. The van der Waals surface area contributed by atoms with Crippen LogP contribution in [0.3, 0.4) is 0 Å². The van der Waals surface area contributed by atoms with E-state index in [2.05, 4.69) is 11.4 Å². The first-order valence-electron chi connectivity index (χ1n) is 10.2. The number of carbonyl (C=O) groups is 2. The second-order valence-corrected chi connectivity index (χ2v) is 7.25. The Morgan fingerprint density at radius 1 is 0.968 bits per heavy atom. The first kappa shape index (κ1) is 20.5. The Labute approximate surface area is 181 Å². The van der Waals surface area contributed by atoms with Crippen molar-refractivity contribution in [1.29, 1.82) is 0 Å². The number of nitrogens with one attached hydrogen (secondary N) is 1. The fourth-order valence-electron chi connectivity index (χ4n) is 3.68. The Bertz CT molecular complexity index is 1080. The van der Waals surface area contributed by atoms with Gasteiger partial charge in [-0.3, -0.25) is 9.59 Å². The van der Waals surface area contributed by atoms with Gasteiger partial charge in [-0.1, -0.05) is 30.3 Å². The van der Waals surface area contributed by atoms with Gasteiger partial charge in [-0.05, 0) is 60.9 Å². The number of hydrogen-bond donors (Lipinski definition) is 1. The molecule has 158 valence electrons. The largest absolute Gasteiger partial charge is 0.496 e. The Morgan fingerprint density at radius 3 is 2.52 bits per heavy atom. The minimum Gasteiger partial charge on any atom is -0.496 e. The van der Waals surface area contributed by atoms with Crippen LogP contribution in [-0.2, 0) is 11.2 Å². The molecule has 31 heavy (non-hydrogen) atoms. The van der Waals surface area contributed by atoms with Gasteiger partial charge in [0.1, 0.15) is 11.5 Å². The fraction of sp³-hybridized carbons (Fsp3) is 0.200. The van der Waals surface area contributed by atoms with E-state index >= 15 is 0 Å². The Morgan fingerprint density at radius 2 is 1.71 bits per heavy atom. The zero-order valence-electron chi connectivity index (χ0n) is 17.3. The highest BCUT2D eigenvalue weighted by molar-refractivity contribution is 6.06. The minimum absolute atomic E-state index is 0.0404. The predicted octanol–water partition coefficient (Wildman–Crippen LogP) is 4.31. The third kappa shape index (κ3) is 4.69. The molecule has 3 aromatic rings. The van der Waals surface area contributed by atoms with Crippen molar-refractivity contribution in [1.82, 2.24) is 0 Å². The van der Waals surface area contributed by atoms with Gasteiger partial charge in [0.25, 0.3) is 11.8 Å². The molecule has 0 radical (unpaired) electrons. The van der Waals surface area contributed by atoms with Crippen molar-refractivity contribution < 1.29 is 19.1 Å². The van der Waals surface area contributed by atoms with Crippen molar-refractivity contribution in [3.05, 3.63) is 83.9 Å². The molecule has 0 bridgehead atoms. The lowest BCUT2D eigenvalue weighted by atomic mass is 10.0. The van der Waals surface area contributed by atoms with Gasteiger partial charge in [-0.15, -0.1) is 0 Å². The Hall–Kier alpha value is -3.80. The van der Waals surface area contributed by atoms with Crippen molar-refractivity contribution >= 4 is 23.2 Å². The molecule has 1 aliphatic heterocycles. The van der Waals surface area contributed by atoms with E-state index < -0.39 is 0 Å². The molecule has 0 unspecified atom stereocenters. The van der Waals surface area contributed by atoms with E-state index in [0.29, 0.717) is 29.3 Å². The summed E-state index contributed by atoms with van der Waals surface area (Å²) >= 11 is 0. The van der Waals surface area contributed by atoms with Gasteiger partial charge >= 0.3 is 0 Å². The molecule has 1 N–H and O–H groups in total.